The summed E-state index contributed by atoms with van der Waals surface area (Å²) in [7, 11) is -3.01. The van der Waals surface area contributed by atoms with Crippen LogP contribution in [0.15, 0.2) is 29.6 Å². The fourth-order valence-electron chi connectivity index (χ4n) is 2.27. The molecule has 0 spiro atoms. The molecule has 1 N–H and O–H groups in total. The molecule has 0 bridgehead atoms. The molecule has 1 amide bonds. The summed E-state index contributed by atoms with van der Waals surface area (Å²) < 4.78 is 22.8. The average molecular weight is 357 g/mol. The second-order valence-electron chi connectivity index (χ2n) is 5.12. The van der Waals surface area contributed by atoms with Gasteiger partial charge in [-0.15, -0.1) is 11.3 Å². The molecule has 2 heterocycles. The number of sulfone groups is 1. The predicted molar refractivity (Wildman–Crippen MR) is 87.1 cm³/mol. The molecule has 1 aromatic heterocycles. The minimum absolute atomic E-state index is 0.00686. The number of aromatic nitrogens is 1. The first-order chi connectivity index (χ1) is 10.4. The van der Waals surface area contributed by atoms with E-state index in [-0.39, 0.29) is 23.5 Å². The average Bonchev–Trinajstić information content (AvgIpc) is 3.06. The molecule has 1 saturated heterocycles. The van der Waals surface area contributed by atoms with E-state index in [0.717, 1.165) is 10.6 Å². The van der Waals surface area contributed by atoms with Gasteiger partial charge in [-0.05, 0) is 18.6 Å². The molecular formula is C14H13ClN2O3S2. The van der Waals surface area contributed by atoms with Gasteiger partial charge in [0.1, 0.15) is 10.7 Å². The van der Waals surface area contributed by atoms with Crippen LogP contribution in [0.4, 0.5) is 0 Å². The number of carbonyl (C=O) groups is 1. The van der Waals surface area contributed by atoms with Gasteiger partial charge in [-0.2, -0.15) is 0 Å². The number of benzene rings is 1. The standard InChI is InChI=1S/C14H13ClN2O3S2/c15-10-3-1-9(2-4-10)14-17-12(7-21-14)13(18)16-11-5-6-22(19,20)8-11/h1-4,7,11H,5-6,8H2,(H,16,18)/t11-/m1/s1. The van der Waals surface area contributed by atoms with Crippen LogP contribution in [0.25, 0.3) is 10.6 Å². The molecule has 3 rings (SSSR count). The molecule has 1 aliphatic heterocycles. The maximum atomic E-state index is 12.1. The number of nitrogens with one attached hydrogen (secondary N) is 1. The monoisotopic (exact) mass is 356 g/mol. The first-order valence-electron chi connectivity index (χ1n) is 6.66. The Kier molecular flexibility index (Phi) is 4.20. The van der Waals surface area contributed by atoms with E-state index in [4.69, 9.17) is 11.6 Å². The number of halogens is 1. The van der Waals surface area contributed by atoms with Gasteiger partial charge in [-0.1, -0.05) is 23.7 Å². The van der Waals surface area contributed by atoms with Gasteiger partial charge in [0, 0.05) is 22.0 Å². The Morgan fingerprint density at radius 3 is 2.68 bits per heavy atom. The zero-order chi connectivity index (χ0) is 15.7. The Hall–Kier alpha value is -1.44. The Morgan fingerprint density at radius 2 is 2.05 bits per heavy atom. The molecular weight excluding hydrogens is 344 g/mol. The Morgan fingerprint density at radius 1 is 1.32 bits per heavy atom. The fourth-order valence-corrected chi connectivity index (χ4v) is 4.88. The SMILES string of the molecule is O=C(N[C@@H]1CCS(=O)(=O)C1)c1csc(-c2ccc(Cl)cc2)n1. The van der Waals surface area contributed by atoms with Crippen molar-refractivity contribution < 1.29 is 13.2 Å². The molecule has 5 nitrogen and oxygen atoms in total. The van der Waals surface area contributed by atoms with Crippen molar-refractivity contribution >= 4 is 38.7 Å². The number of hydrogen-bond acceptors (Lipinski definition) is 5. The Bertz CT molecular complexity index is 800. The van der Waals surface area contributed by atoms with Gasteiger partial charge in [-0.3, -0.25) is 4.79 Å². The van der Waals surface area contributed by atoms with Gasteiger partial charge in [0.15, 0.2) is 9.84 Å². The minimum Gasteiger partial charge on any atom is -0.347 e. The number of nitrogens with zero attached hydrogens (tertiary/aromatic N) is 1. The van der Waals surface area contributed by atoms with E-state index >= 15 is 0 Å². The first kappa shape index (κ1) is 15.5. The summed E-state index contributed by atoms with van der Waals surface area (Å²) in [5, 5.41) is 5.76. The Balaban J connectivity index is 1.71. The lowest BCUT2D eigenvalue weighted by Crippen LogP contribution is -2.35. The van der Waals surface area contributed by atoms with E-state index in [9.17, 15) is 13.2 Å². The molecule has 0 saturated carbocycles. The lowest BCUT2D eigenvalue weighted by Gasteiger charge is -2.08. The van der Waals surface area contributed by atoms with Crippen molar-refractivity contribution in [1.29, 1.82) is 0 Å². The lowest BCUT2D eigenvalue weighted by atomic mass is 10.2. The summed E-state index contributed by atoms with van der Waals surface area (Å²) in [6.45, 7) is 0. The van der Waals surface area contributed by atoms with Crippen molar-refractivity contribution in [3.8, 4) is 10.6 Å². The van der Waals surface area contributed by atoms with Crippen LogP contribution in [0, 0.1) is 0 Å². The number of carbonyl (C=O) groups excluding carboxylic acids is 1. The molecule has 2 aromatic rings. The second-order valence-corrected chi connectivity index (χ2v) is 8.64. The largest absolute Gasteiger partial charge is 0.347 e. The van der Waals surface area contributed by atoms with Crippen LogP contribution >= 0.6 is 22.9 Å². The summed E-state index contributed by atoms with van der Waals surface area (Å²) in [6, 6.07) is 6.89. The summed E-state index contributed by atoms with van der Waals surface area (Å²) in [5.74, 6) is -0.198. The molecule has 0 unspecified atom stereocenters. The third-order valence-electron chi connectivity index (χ3n) is 3.40. The van der Waals surface area contributed by atoms with Crippen LogP contribution in [0.5, 0.6) is 0 Å². The molecule has 0 radical (unpaired) electrons. The highest BCUT2D eigenvalue weighted by Crippen LogP contribution is 2.25. The summed E-state index contributed by atoms with van der Waals surface area (Å²) >= 11 is 7.20. The Labute approximate surface area is 137 Å². The van der Waals surface area contributed by atoms with Gasteiger partial charge in [0.2, 0.25) is 0 Å². The molecule has 1 aromatic carbocycles. The van der Waals surface area contributed by atoms with Crippen molar-refractivity contribution in [3.05, 3.63) is 40.4 Å². The van der Waals surface area contributed by atoms with Crippen LogP contribution in [0.2, 0.25) is 5.02 Å². The van der Waals surface area contributed by atoms with Crippen LogP contribution in [0.3, 0.4) is 0 Å². The van der Waals surface area contributed by atoms with Crippen molar-refractivity contribution in [2.75, 3.05) is 11.5 Å². The maximum Gasteiger partial charge on any atom is 0.271 e. The second kappa shape index (κ2) is 5.98. The molecule has 0 aliphatic carbocycles. The highest BCUT2D eigenvalue weighted by atomic mass is 35.5. The quantitative estimate of drug-likeness (QED) is 0.916. The van der Waals surface area contributed by atoms with E-state index in [1.807, 2.05) is 12.1 Å². The number of rotatable bonds is 3. The van der Waals surface area contributed by atoms with Crippen LogP contribution in [-0.2, 0) is 9.84 Å². The highest BCUT2D eigenvalue weighted by molar-refractivity contribution is 7.91. The van der Waals surface area contributed by atoms with Crippen molar-refractivity contribution in [1.82, 2.24) is 10.3 Å². The van der Waals surface area contributed by atoms with Gasteiger partial charge in [-0.25, -0.2) is 13.4 Å². The zero-order valence-electron chi connectivity index (χ0n) is 11.5. The molecule has 116 valence electrons. The maximum absolute atomic E-state index is 12.1. The summed E-state index contributed by atoms with van der Waals surface area (Å²) in [4.78, 5) is 16.4. The van der Waals surface area contributed by atoms with Crippen LogP contribution < -0.4 is 5.32 Å². The minimum atomic E-state index is -3.01. The lowest BCUT2D eigenvalue weighted by molar-refractivity contribution is 0.0937. The van der Waals surface area contributed by atoms with E-state index in [2.05, 4.69) is 10.3 Å². The van der Waals surface area contributed by atoms with Crippen molar-refractivity contribution in [3.63, 3.8) is 0 Å². The normalized spacial score (nSPS) is 20.0. The summed E-state index contributed by atoms with van der Waals surface area (Å²) in [5.41, 5.74) is 1.19. The van der Waals surface area contributed by atoms with E-state index < -0.39 is 9.84 Å². The van der Waals surface area contributed by atoms with Gasteiger partial charge < -0.3 is 5.32 Å². The molecule has 22 heavy (non-hydrogen) atoms. The molecule has 1 fully saturated rings. The fraction of sp³-hybridized carbons (Fsp3) is 0.286. The van der Waals surface area contributed by atoms with Gasteiger partial charge >= 0.3 is 0 Å². The van der Waals surface area contributed by atoms with Crippen LogP contribution in [-0.4, -0.2) is 36.9 Å². The third kappa shape index (κ3) is 3.48. The topological polar surface area (TPSA) is 76.1 Å². The van der Waals surface area contributed by atoms with Crippen molar-refractivity contribution in [2.24, 2.45) is 0 Å². The zero-order valence-corrected chi connectivity index (χ0v) is 13.8. The van der Waals surface area contributed by atoms with E-state index in [1.54, 1.807) is 17.5 Å². The van der Waals surface area contributed by atoms with E-state index in [0.29, 0.717) is 17.1 Å². The summed E-state index contributed by atoms with van der Waals surface area (Å²) in [6.07, 6.45) is 0.461. The van der Waals surface area contributed by atoms with Crippen molar-refractivity contribution in [2.45, 2.75) is 12.5 Å². The van der Waals surface area contributed by atoms with E-state index in [1.165, 1.54) is 11.3 Å². The first-order valence-corrected chi connectivity index (χ1v) is 9.74. The number of thiazole rings is 1. The molecule has 8 heteroatoms. The molecule has 1 atom stereocenters. The third-order valence-corrected chi connectivity index (χ3v) is 6.31. The predicted octanol–water partition coefficient (Wildman–Crippen LogP) is 2.38. The van der Waals surface area contributed by atoms with Gasteiger partial charge in [0.25, 0.3) is 5.91 Å². The number of amides is 1. The number of hydrogen-bond donors (Lipinski definition) is 1. The molecule has 1 aliphatic rings. The highest BCUT2D eigenvalue weighted by Gasteiger charge is 2.29. The van der Waals surface area contributed by atoms with Crippen LogP contribution in [0.1, 0.15) is 16.9 Å². The van der Waals surface area contributed by atoms with Gasteiger partial charge in [0.05, 0.1) is 11.5 Å². The smallest absolute Gasteiger partial charge is 0.271 e.